The summed E-state index contributed by atoms with van der Waals surface area (Å²) >= 11 is 0. The van der Waals surface area contributed by atoms with Gasteiger partial charge in [0.15, 0.2) is 0 Å². The van der Waals surface area contributed by atoms with Crippen molar-refractivity contribution in [1.29, 1.82) is 0 Å². The lowest BCUT2D eigenvalue weighted by atomic mass is 10.1. The molecular weight excluding hydrogens is 222 g/mol. The summed E-state index contributed by atoms with van der Waals surface area (Å²) in [6, 6.07) is 10.6. The minimum atomic E-state index is 0.210. The zero-order valence-corrected chi connectivity index (χ0v) is 11.6. The molecule has 0 saturated heterocycles. The van der Waals surface area contributed by atoms with E-state index >= 15 is 0 Å². The van der Waals surface area contributed by atoms with Crippen LogP contribution in [-0.2, 0) is 6.42 Å². The van der Waals surface area contributed by atoms with E-state index in [-0.39, 0.29) is 6.61 Å². The lowest BCUT2D eigenvalue weighted by Crippen LogP contribution is -2.32. The van der Waals surface area contributed by atoms with Crippen LogP contribution in [0.15, 0.2) is 42.0 Å². The van der Waals surface area contributed by atoms with Gasteiger partial charge in [0.2, 0.25) is 0 Å². The van der Waals surface area contributed by atoms with E-state index in [0.29, 0.717) is 0 Å². The summed E-state index contributed by atoms with van der Waals surface area (Å²) in [6.45, 7) is 7.35. The fourth-order valence-corrected chi connectivity index (χ4v) is 2.12. The van der Waals surface area contributed by atoms with Crippen molar-refractivity contribution in [3.8, 4) is 0 Å². The average Bonchev–Trinajstić information content (AvgIpc) is 2.48. The second kappa shape index (κ2) is 8.90. The van der Waals surface area contributed by atoms with Gasteiger partial charge in [-0.05, 0) is 24.0 Å². The predicted molar refractivity (Wildman–Crippen MR) is 77.7 cm³/mol. The molecule has 1 aromatic rings. The first-order chi connectivity index (χ1) is 8.88. The number of aliphatic hydroxyl groups is 1. The van der Waals surface area contributed by atoms with E-state index in [9.17, 15) is 0 Å². The first-order valence-electron chi connectivity index (χ1n) is 6.93. The maximum Gasteiger partial charge on any atom is 0.0654 e. The van der Waals surface area contributed by atoms with Gasteiger partial charge in [0, 0.05) is 19.6 Å². The van der Waals surface area contributed by atoms with Crippen molar-refractivity contribution < 1.29 is 5.11 Å². The normalized spacial score (nSPS) is 15.6. The molecule has 2 heteroatoms. The minimum Gasteiger partial charge on any atom is -0.392 e. The molecule has 18 heavy (non-hydrogen) atoms. The summed E-state index contributed by atoms with van der Waals surface area (Å²) in [5, 5.41) is 9.10. The van der Waals surface area contributed by atoms with Crippen molar-refractivity contribution >= 4 is 0 Å². The molecule has 0 radical (unpaired) electrons. The van der Waals surface area contributed by atoms with Crippen LogP contribution in [0.1, 0.15) is 25.8 Å². The molecule has 2 rings (SSSR count). The van der Waals surface area contributed by atoms with Crippen molar-refractivity contribution in [2.24, 2.45) is 0 Å². The van der Waals surface area contributed by atoms with E-state index in [1.807, 2.05) is 13.8 Å². The Kier molecular flexibility index (Phi) is 7.38. The molecule has 1 aliphatic heterocycles. The van der Waals surface area contributed by atoms with E-state index in [0.717, 1.165) is 32.5 Å². The molecule has 1 N–H and O–H groups in total. The maximum absolute atomic E-state index is 9.10. The van der Waals surface area contributed by atoms with E-state index in [2.05, 4.69) is 41.3 Å². The van der Waals surface area contributed by atoms with E-state index in [1.165, 1.54) is 11.1 Å². The average molecular weight is 247 g/mol. The molecule has 0 fully saturated rings. The Morgan fingerprint density at radius 2 is 1.89 bits per heavy atom. The van der Waals surface area contributed by atoms with Crippen molar-refractivity contribution in [1.82, 2.24) is 4.90 Å². The number of hydrogen-bond donors (Lipinski definition) is 1. The topological polar surface area (TPSA) is 23.5 Å². The molecule has 0 unspecified atom stereocenters. The third kappa shape index (κ3) is 5.03. The molecule has 0 saturated carbocycles. The Labute approximate surface area is 111 Å². The molecule has 0 bridgehead atoms. The molecule has 2 nitrogen and oxygen atoms in total. The lowest BCUT2D eigenvalue weighted by molar-refractivity contribution is 0.260. The summed E-state index contributed by atoms with van der Waals surface area (Å²) in [5.74, 6) is 0. The lowest BCUT2D eigenvalue weighted by Gasteiger charge is -2.26. The zero-order chi connectivity index (χ0) is 13.2. The second-order valence-corrected chi connectivity index (χ2v) is 4.32. The second-order valence-electron chi connectivity index (χ2n) is 4.32. The van der Waals surface area contributed by atoms with Gasteiger partial charge in [-0.1, -0.05) is 50.3 Å². The van der Waals surface area contributed by atoms with Crippen LogP contribution in [0.5, 0.6) is 0 Å². The highest BCUT2D eigenvalue weighted by molar-refractivity contribution is 5.15. The van der Waals surface area contributed by atoms with Gasteiger partial charge in [0.1, 0.15) is 0 Å². The fraction of sp³-hybridized carbons (Fsp3) is 0.500. The van der Waals surface area contributed by atoms with Crippen molar-refractivity contribution in [3.05, 3.63) is 47.5 Å². The van der Waals surface area contributed by atoms with E-state index < -0.39 is 0 Å². The first kappa shape index (κ1) is 14.9. The van der Waals surface area contributed by atoms with Gasteiger partial charge >= 0.3 is 0 Å². The van der Waals surface area contributed by atoms with Gasteiger partial charge in [0.05, 0.1) is 6.61 Å². The van der Waals surface area contributed by atoms with Crippen LogP contribution < -0.4 is 0 Å². The fourth-order valence-electron chi connectivity index (χ4n) is 2.12. The van der Waals surface area contributed by atoms with Crippen LogP contribution in [-0.4, -0.2) is 36.2 Å². The molecular formula is C16H25NO. The highest BCUT2D eigenvalue weighted by atomic mass is 16.3. The highest BCUT2D eigenvalue weighted by Gasteiger charge is 2.11. The molecule has 1 aliphatic rings. The van der Waals surface area contributed by atoms with Gasteiger partial charge in [-0.2, -0.15) is 0 Å². The van der Waals surface area contributed by atoms with E-state index in [4.69, 9.17) is 5.11 Å². The SMILES string of the molecule is CC.OCC1=CCCN(CCc2ccccc2)C1. The third-order valence-electron chi connectivity index (χ3n) is 3.07. The molecule has 1 aromatic carbocycles. The van der Waals surface area contributed by atoms with Gasteiger partial charge in [-0.3, -0.25) is 4.90 Å². The Morgan fingerprint density at radius 3 is 2.56 bits per heavy atom. The number of aliphatic hydroxyl groups excluding tert-OH is 1. The van der Waals surface area contributed by atoms with Crippen LogP contribution in [0.3, 0.4) is 0 Å². The van der Waals surface area contributed by atoms with Crippen LogP contribution in [0.25, 0.3) is 0 Å². The van der Waals surface area contributed by atoms with Crippen LogP contribution in [0.2, 0.25) is 0 Å². The van der Waals surface area contributed by atoms with Crippen LogP contribution in [0, 0.1) is 0 Å². The molecule has 0 spiro atoms. The zero-order valence-electron chi connectivity index (χ0n) is 11.6. The molecule has 1 heterocycles. The number of rotatable bonds is 4. The number of benzene rings is 1. The van der Waals surface area contributed by atoms with Crippen LogP contribution in [0.4, 0.5) is 0 Å². The number of hydrogen-bond acceptors (Lipinski definition) is 2. The van der Waals surface area contributed by atoms with Gasteiger partial charge < -0.3 is 5.11 Å². The number of nitrogens with zero attached hydrogens (tertiary/aromatic N) is 1. The summed E-state index contributed by atoms with van der Waals surface area (Å²) in [7, 11) is 0. The highest BCUT2D eigenvalue weighted by Crippen LogP contribution is 2.10. The minimum absolute atomic E-state index is 0.210. The Balaban J connectivity index is 0.000000771. The Bertz CT molecular complexity index is 345. The largest absolute Gasteiger partial charge is 0.392 e. The van der Waals surface area contributed by atoms with Crippen molar-refractivity contribution in [2.45, 2.75) is 26.7 Å². The smallest absolute Gasteiger partial charge is 0.0654 e. The molecule has 0 aromatic heterocycles. The first-order valence-corrected chi connectivity index (χ1v) is 6.93. The summed E-state index contributed by atoms with van der Waals surface area (Å²) < 4.78 is 0. The quantitative estimate of drug-likeness (QED) is 0.827. The monoisotopic (exact) mass is 247 g/mol. The van der Waals surface area contributed by atoms with Gasteiger partial charge in [0.25, 0.3) is 0 Å². The van der Waals surface area contributed by atoms with Crippen LogP contribution >= 0.6 is 0 Å². The summed E-state index contributed by atoms with van der Waals surface area (Å²) in [5.41, 5.74) is 2.56. The molecule has 0 amide bonds. The van der Waals surface area contributed by atoms with Crippen molar-refractivity contribution in [2.75, 3.05) is 26.2 Å². The Hall–Kier alpha value is -1.12. The van der Waals surface area contributed by atoms with Gasteiger partial charge in [-0.15, -0.1) is 0 Å². The standard InChI is InChI=1S/C14H19NO.C2H6/c16-12-14-7-4-9-15(11-14)10-8-13-5-2-1-3-6-13;1-2/h1-3,5-7,16H,4,8-12H2;1-2H3. The van der Waals surface area contributed by atoms with Crippen molar-refractivity contribution in [3.63, 3.8) is 0 Å². The molecule has 100 valence electrons. The Morgan fingerprint density at radius 1 is 1.17 bits per heavy atom. The predicted octanol–water partition coefficient (Wildman–Crippen LogP) is 2.88. The summed E-state index contributed by atoms with van der Waals surface area (Å²) in [6.07, 6.45) is 4.34. The van der Waals surface area contributed by atoms with Gasteiger partial charge in [-0.25, -0.2) is 0 Å². The third-order valence-corrected chi connectivity index (χ3v) is 3.07. The summed E-state index contributed by atoms with van der Waals surface area (Å²) in [4.78, 5) is 2.42. The van der Waals surface area contributed by atoms with E-state index in [1.54, 1.807) is 0 Å². The molecule has 0 atom stereocenters. The maximum atomic E-state index is 9.10. The molecule has 0 aliphatic carbocycles.